The standard InChI is InChI=1S/C11H19I/c1-8(2)9-5-6-11(3,4)10(12)7-9/h9-10H,1,5-7H2,2-4H3/t9-,10?/m0/s1. The maximum atomic E-state index is 4.06. The van der Waals surface area contributed by atoms with Crippen molar-refractivity contribution in [2.45, 2.75) is 44.0 Å². The van der Waals surface area contributed by atoms with Crippen molar-refractivity contribution in [3.05, 3.63) is 12.2 Å². The molecule has 1 aliphatic rings. The first kappa shape index (κ1) is 10.6. The fraction of sp³-hybridized carbons (Fsp3) is 0.818. The van der Waals surface area contributed by atoms with Crippen molar-refractivity contribution in [1.82, 2.24) is 0 Å². The van der Waals surface area contributed by atoms with Gasteiger partial charge in [0.15, 0.2) is 0 Å². The Hall–Kier alpha value is 0.470. The average molecular weight is 278 g/mol. The van der Waals surface area contributed by atoms with E-state index >= 15 is 0 Å². The highest BCUT2D eigenvalue weighted by molar-refractivity contribution is 14.1. The molecule has 0 aromatic heterocycles. The lowest BCUT2D eigenvalue weighted by molar-refractivity contribution is 0.229. The van der Waals surface area contributed by atoms with Crippen molar-refractivity contribution >= 4 is 22.6 Å². The molecule has 0 aromatic carbocycles. The summed E-state index contributed by atoms with van der Waals surface area (Å²) in [5, 5.41) is 0. The van der Waals surface area contributed by atoms with E-state index in [0.717, 1.165) is 9.84 Å². The second-order valence-electron chi connectivity index (χ2n) is 4.77. The zero-order valence-corrected chi connectivity index (χ0v) is 10.5. The fourth-order valence-electron chi connectivity index (χ4n) is 1.84. The van der Waals surface area contributed by atoms with Gasteiger partial charge in [-0.05, 0) is 37.5 Å². The molecule has 1 heteroatoms. The van der Waals surface area contributed by atoms with Gasteiger partial charge in [0.2, 0.25) is 0 Å². The van der Waals surface area contributed by atoms with Crippen LogP contribution in [0.4, 0.5) is 0 Å². The van der Waals surface area contributed by atoms with Crippen molar-refractivity contribution in [1.29, 1.82) is 0 Å². The number of halogens is 1. The Balaban J connectivity index is 2.58. The molecular formula is C11H19I. The normalized spacial score (nSPS) is 34.7. The highest BCUT2D eigenvalue weighted by Crippen LogP contribution is 2.44. The Labute approximate surface area is 90.0 Å². The monoisotopic (exact) mass is 278 g/mol. The highest BCUT2D eigenvalue weighted by Gasteiger charge is 2.34. The lowest BCUT2D eigenvalue weighted by Gasteiger charge is -2.39. The van der Waals surface area contributed by atoms with Gasteiger partial charge in [0.05, 0.1) is 0 Å². The van der Waals surface area contributed by atoms with Crippen molar-refractivity contribution in [2.75, 3.05) is 0 Å². The molecular weight excluding hydrogens is 259 g/mol. The van der Waals surface area contributed by atoms with Crippen LogP contribution in [-0.2, 0) is 0 Å². The van der Waals surface area contributed by atoms with Crippen LogP contribution < -0.4 is 0 Å². The molecule has 1 saturated carbocycles. The van der Waals surface area contributed by atoms with Gasteiger partial charge in [-0.3, -0.25) is 0 Å². The van der Waals surface area contributed by atoms with E-state index in [1.54, 1.807) is 0 Å². The van der Waals surface area contributed by atoms with Crippen molar-refractivity contribution in [3.8, 4) is 0 Å². The summed E-state index contributed by atoms with van der Waals surface area (Å²) in [6.07, 6.45) is 4.04. The average Bonchev–Trinajstić information content (AvgIpc) is 1.94. The minimum atomic E-state index is 0.548. The van der Waals surface area contributed by atoms with Gasteiger partial charge < -0.3 is 0 Å². The summed E-state index contributed by atoms with van der Waals surface area (Å²) in [6.45, 7) is 11.0. The van der Waals surface area contributed by atoms with Crippen molar-refractivity contribution in [3.63, 3.8) is 0 Å². The lowest BCUT2D eigenvalue weighted by atomic mass is 9.71. The maximum absolute atomic E-state index is 4.06. The fourth-order valence-corrected chi connectivity index (χ4v) is 2.76. The predicted octanol–water partition coefficient (Wildman–Crippen LogP) is 4.19. The van der Waals surface area contributed by atoms with Crippen LogP contribution in [0.2, 0.25) is 0 Å². The smallest absolute Gasteiger partial charge is 0.0166 e. The first-order valence-electron chi connectivity index (χ1n) is 4.73. The summed E-state index contributed by atoms with van der Waals surface area (Å²) in [7, 11) is 0. The molecule has 0 N–H and O–H groups in total. The molecule has 1 unspecified atom stereocenters. The van der Waals surface area contributed by atoms with Crippen LogP contribution in [0, 0.1) is 11.3 Å². The quantitative estimate of drug-likeness (QED) is 0.383. The van der Waals surface area contributed by atoms with Crippen LogP contribution in [-0.4, -0.2) is 3.92 Å². The van der Waals surface area contributed by atoms with Crippen LogP contribution >= 0.6 is 22.6 Å². The van der Waals surface area contributed by atoms with Gasteiger partial charge >= 0.3 is 0 Å². The molecule has 0 saturated heterocycles. The van der Waals surface area contributed by atoms with Gasteiger partial charge in [-0.2, -0.15) is 0 Å². The van der Waals surface area contributed by atoms with Crippen LogP contribution in [0.25, 0.3) is 0 Å². The van der Waals surface area contributed by atoms with E-state index < -0.39 is 0 Å². The van der Waals surface area contributed by atoms with Crippen LogP contribution in [0.3, 0.4) is 0 Å². The summed E-state index contributed by atoms with van der Waals surface area (Å²) in [4.78, 5) is 0. The van der Waals surface area contributed by atoms with Gasteiger partial charge in [-0.1, -0.05) is 48.6 Å². The van der Waals surface area contributed by atoms with Crippen LogP contribution in [0.5, 0.6) is 0 Å². The Morgan fingerprint density at radius 1 is 1.50 bits per heavy atom. The largest absolute Gasteiger partial charge is 0.0999 e. The Morgan fingerprint density at radius 2 is 2.08 bits per heavy atom. The molecule has 1 fully saturated rings. The van der Waals surface area contributed by atoms with E-state index in [0.29, 0.717) is 5.41 Å². The van der Waals surface area contributed by atoms with Gasteiger partial charge in [0, 0.05) is 3.92 Å². The Kier molecular flexibility index (Phi) is 3.24. The summed E-state index contributed by atoms with van der Waals surface area (Å²) >= 11 is 2.61. The summed E-state index contributed by atoms with van der Waals surface area (Å²) in [6, 6.07) is 0. The SMILES string of the molecule is C=C(C)[C@H]1CCC(C)(C)C(I)C1. The second kappa shape index (κ2) is 3.69. The van der Waals surface area contributed by atoms with E-state index in [1.165, 1.54) is 24.8 Å². The summed E-state index contributed by atoms with van der Waals surface area (Å²) < 4.78 is 0.825. The first-order chi connectivity index (χ1) is 5.43. The van der Waals surface area contributed by atoms with Gasteiger partial charge in [0.1, 0.15) is 0 Å². The molecule has 1 aliphatic carbocycles. The van der Waals surface area contributed by atoms with E-state index in [-0.39, 0.29) is 0 Å². The molecule has 0 bridgehead atoms. The zero-order valence-electron chi connectivity index (χ0n) is 8.36. The van der Waals surface area contributed by atoms with Crippen LogP contribution in [0.15, 0.2) is 12.2 Å². The third kappa shape index (κ3) is 2.24. The molecule has 12 heavy (non-hydrogen) atoms. The molecule has 0 aromatic rings. The van der Waals surface area contributed by atoms with E-state index in [9.17, 15) is 0 Å². The topological polar surface area (TPSA) is 0 Å². The maximum Gasteiger partial charge on any atom is 0.0166 e. The van der Waals surface area contributed by atoms with Gasteiger partial charge in [-0.25, -0.2) is 0 Å². The van der Waals surface area contributed by atoms with Crippen molar-refractivity contribution in [2.24, 2.45) is 11.3 Å². The molecule has 1 rings (SSSR count). The Morgan fingerprint density at radius 3 is 2.50 bits per heavy atom. The number of allylic oxidation sites excluding steroid dienone is 1. The molecule has 0 spiro atoms. The zero-order chi connectivity index (χ0) is 9.35. The molecule has 0 aliphatic heterocycles. The minimum absolute atomic E-state index is 0.548. The molecule has 0 heterocycles. The third-order valence-corrected chi connectivity index (χ3v) is 5.37. The minimum Gasteiger partial charge on any atom is -0.0999 e. The predicted molar refractivity (Wildman–Crippen MR) is 63.7 cm³/mol. The Bertz CT molecular complexity index is 181. The van der Waals surface area contributed by atoms with Crippen LogP contribution in [0.1, 0.15) is 40.0 Å². The molecule has 70 valence electrons. The van der Waals surface area contributed by atoms with Gasteiger partial charge in [0.25, 0.3) is 0 Å². The van der Waals surface area contributed by atoms with E-state index in [2.05, 4.69) is 49.9 Å². The molecule has 0 amide bonds. The number of alkyl halides is 1. The number of hydrogen-bond acceptors (Lipinski definition) is 0. The second-order valence-corrected chi connectivity index (χ2v) is 6.28. The highest BCUT2D eigenvalue weighted by atomic mass is 127. The summed E-state index contributed by atoms with van der Waals surface area (Å²) in [5.74, 6) is 0.792. The first-order valence-corrected chi connectivity index (χ1v) is 5.97. The summed E-state index contributed by atoms with van der Waals surface area (Å²) in [5.41, 5.74) is 1.93. The number of rotatable bonds is 1. The van der Waals surface area contributed by atoms with Crippen molar-refractivity contribution < 1.29 is 0 Å². The molecule has 0 radical (unpaired) electrons. The molecule has 0 nitrogen and oxygen atoms in total. The third-order valence-electron chi connectivity index (χ3n) is 3.17. The van der Waals surface area contributed by atoms with E-state index in [1.807, 2.05) is 0 Å². The van der Waals surface area contributed by atoms with Gasteiger partial charge in [-0.15, -0.1) is 0 Å². The van der Waals surface area contributed by atoms with E-state index in [4.69, 9.17) is 0 Å². The molecule has 2 atom stereocenters. The lowest BCUT2D eigenvalue weighted by Crippen LogP contribution is -2.32. The number of hydrogen-bond donors (Lipinski definition) is 0.